The van der Waals surface area contributed by atoms with Crippen molar-refractivity contribution in [3.63, 3.8) is 0 Å². The summed E-state index contributed by atoms with van der Waals surface area (Å²) in [5, 5.41) is 8.81. The van der Waals surface area contributed by atoms with Gasteiger partial charge in [0.05, 0.1) is 0 Å². The molecule has 1 aliphatic carbocycles. The standard InChI is InChI=1S/C11H14O3/c1-11(2)5-3-4-8-7(11)6-9(14-8)10(12)13/h6H,3-5H2,1-2H3,(H,12,13). The minimum atomic E-state index is -0.977. The smallest absolute Gasteiger partial charge is 0.371 e. The highest BCUT2D eigenvalue weighted by molar-refractivity contribution is 5.84. The number of carbonyl (C=O) groups is 1. The minimum Gasteiger partial charge on any atom is -0.475 e. The van der Waals surface area contributed by atoms with Gasteiger partial charge in [0.2, 0.25) is 5.76 Å². The Morgan fingerprint density at radius 2 is 2.29 bits per heavy atom. The van der Waals surface area contributed by atoms with E-state index in [0.29, 0.717) is 0 Å². The van der Waals surface area contributed by atoms with E-state index in [-0.39, 0.29) is 11.2 Å². The van der Waals surface area contributed by atoms with E-state index in [9.17, 15) is 4.79 Å². The SMILES string of the molecule is CC1(C)CCCc2oc(C(=O)O)cc21. The van der Waals surface area contributed by atoms with Gasteiger partial charge in [-0.3, -0.25) is 0 Å². The Morgan fingerprint density at radius 1 is 1.57 bits per heavy atom. The summed E-state index contributed by atoms with van der Waals surface area (Å²) < 4.78 is 5.30. The molecule has 0 radical (unpaired) electrons. The third kappa shape index (κ3) is 1.33. The van der Waals surface area contributed by atoms with Crippen molar-refractivity contribution in [2.45, 2.75) is 38.5 Å². The molecule has 1 aromatic rings. The molecule has 0 amide bonds. The molecule has 0 aromatic carbocycles. The van der Waals surface area contributed by atoms with Gasteiger partial charge in [-0.2, -0.15) is 0 Å². The van der Waals surface area contributed by atoms with Gasteiger partial charge in [0.1, 0.15) is 5.76 Å². The van der Waals surface area contributed by atoms with Crippen LogP contribution in [0.4, 0.5) is 0 Å². The summed E-state index contributed by atoms with van der Waals surface area (Å²) in [6.07, 6.45) is 3.04. The van der Waals surface area contributed by atoms with Crippen LogP contribution in [0.5, 0.6) is 0 Å². The second kappa shape index (κ2) is 2.87. The molecule has 2 rings (SSSR count). The third-order valence-electron chi connectivity index (χ3n) is 2.95. The monoisotopic (exact) mass is 194 g/mol. The van der Waals surface area contributed by atoms with E-state index >= 15 is 0 Å². The van der Waals surface area contributed by atoms with Gasteiger partial charge in [0, 0.05) is 12.0 Å². The van der Waals surface area contributed by atoms with Crippen molar-refractivity contribution in [3.8, 4) is 0 Å². The van der Waals surface area contributed by atoms with E-state index in [4.69, 9.17) is 9.52 Å². The van der Waals surface area contributed by atoms with Crippen molar-refractivity contribution in [2.24, 2.45) is 0 Å². The second-order valence-electron chi connectivity index (χ2n) is 4.49. The Morgan fingerprint density at radius 3 is 2.86 bits per heavy atom. The van der Waals surface area contributed by atoms with Crippen molar-refractivity contribution >= 4 is 5.97 Å². The molecular formula is C11H14O3. The third-order valence-corrected chi connectivity index (χ3v) is 2.95. The summed E-state index contributed by atoms with van der Waals surface area (Å²) in [6.45, 7) is 4.26. The van der Waals surface area contributed by atoms with Crippen LogP contribution in [0, 0.1) is 0 Å². The predicted molar refractivity (Wildman–Crippen MR) is 51.6 cm³/mol. The second-order valence-corrected chi connectivity index (χ2v) is 4.49. The summed E-state index contributed by atoms with van der Waals surface area (Å²) in [5.74, 6) is -0.0428. The average Bonchev–Trinajstić information content (AvgIpc) is 2.48. The van der Waals surface area contributed by atoms with E-state index in [1.807, 2.05) is 0 Å². The first-order valence-corrected chi connectivity index (χ1v) is 4.87. The van der Waals surface area contributed by atoms with Gasteiger partial charge < -0.3 is 9.52 Å². The van der Waals surface area contributed by atoms with Crippen LogP contribution in [0.3, 0.4) is 0 Å². The van der Waals surface area contributed by atoms with Crippen molar-refractivity contribution < 1.29 is 14.3 Å². The molecule has 0 atom stereocenters. The van der Waals surface area contributed by atoms with Gasteiger partial charge in [-0.1, -0.05) is 13.8 Å². The topological polar surface area (TPSA) is 50.4 Å². The van der Waals surface area contributed by atoms with Crippen LogP contribution in [0.15, 0.2) is 10.5 Å². The predicted octanol–water partition coefficient (Wildman–Crippen LogP) is 2.59. The molecule has 0 bridgehead atoms. The first-order chi connectivity index (χ1) is 6.50. The lowest BCUT2D eigenvalue weighted by Crippen LogP contribution is -2.22. The molecule has 0 spiro atoms. The Bertz CT molecular complexity index is 374. The first kappa shape index (κ1) is 9.31. The average molecular weight is 194 g/mol. The summed E-state index contributed by atoms with van der Waals surface area (Å²) >= 11 is 0. The minimum absolute atomic E-state index is 0.0603. The zero-order valence-corrected chi connectivity index (χ0v) is 8.46. The highest BCUT2D eigenvalue weighted by Crippen LogP contribution is 2.38. The highest BCUT2D eigenvalue weighted by atomic mass is 16.4. The zero-order chi connectivity index (χ0) is 10.3. The van der Waals surface area contributed by atoms with E-state index in [2.05, 4.69) is 13.8 Å². The lowest BCUT2D eigenvalue weighted by molar-refractivity contribution is 0.0660. The fourth-order valence-corrected chi connectivity index (χ4v) is 2.12. The van der Waals surface area contributed by atoms with E-state index in [1.54, 1.807) is 6.07 Å². The van der Waals surface area contributed by atoms with Gasteiger partial charge in [-0.05, 0) is 24.3 Å². The molecule has 14 heavy (non-hydrogen) atoms. The molecule has 3 nitrogen and oxygen atoms in total. The molecular weight excluding hydrogens is 180 g/mol. The maximum Gasteiger partial charge on any atom is 0.371 e. The van der Waals surface area contributed by atoms with Crippen LogP contribution in [0.2, 0.25) is 0 Å². The number of rotatable bonds is 1. The Hall–Kier alpha value is -1.25. The molecule has 0 aliphatic heterocycles. The van der Waals surface area contributed by atoms with Crippen LogP contribution < -0.4 is 0 Å². The first-order valence-electron chi connectivity index (χ1n) is 4.87. The van der Waals surface area contributed by atoms with Crippen LogP contribution in [-0.4, -0.2) is 11.1 Å². The summed E-state index contributed by atoms with van der Waals surface area (Å²) in [4.78, 5) is 10.7. The molecule has 1 aliphatic rings. The number of hydrogen-bond donors (Lipinski definition) is 1. The molecule has 1 heterocycles. The zero-order valence-electron chi connectivity index (χ0n) is 8.46. The Labute approximate surface area is 82.7 Å². The van der Waals surface area contributed by atoms with Crippen LogP contribution >= 0.6 is 0 Å². The Kier molecular flexibility index (Phi) is 1.91. The van der Waals surface area contributed by atoms with Crippen LogP contribution in [-0.2, 0) is 11.8 Å². The lowest BCUT2D eigenvalue weighted by Gasteiger charge is -2.28. The summed E-state index contributed by atoms with van der Waals surface area (Å²) in [7, 11) is 0. The molecule has 0 fully saturated rings. The lowest BCUT2D eigenvalue weighted by atomic mass is 9.76. The van der Waals surface area contributed by atoms with Crippen molar-refractivity contribution in [3.05, 3.63) is 23.2 Å². The largest absolute Gasteiger partial charge is 0.475 e. The van der Waals surface area contributed by atoms with Crippen LogP contribution in [0.1, 0.15) is 48.6 Å². The van der Waals surface area contributed by atoms with Crippen LogP contribution in [0.25, 0.3) is 0 Å². The van der Waals surface area contributed by atoms with E-state index < -0.39 is 5.97 Å². The number of furan rings is 1. The van der Waals surface area contributed by atoms with Crippen molar-refractivity contribution in [2.75, 3.05) is 0 Å². The van der Waals surface area contributed by atoms with Gasteiger partial charge >= 0.3 is 5.97 Å². The number of hydrogen-bond acceptors (Lipinski definition) is 2. The Balaban J connectivity index is 2.49. The molecule has 3 heteroatoms. The molecule has 76 valence electrons. The highest BCUT2D eigenvalue weighted by Gasteiger charge is 2.31. The number of carboxylic acid groups (broad SMARTS) is 1. The van der Waals surface area contributed by atoms with Crippen molar-refractivity contribution in [1.29, 1.82) is 0 Å². The van der Waals surface area contributed by atoms with Crippen molar-refractivity contribution in [1.82, 2.24) is 0 Å². The number of aromatic carboxylic acids is 1. The van der Waals surface area contributed by atoms with Gasteiger partial charge in [0.25, 0.3) is 0 Å². The fraction of sp³-hybridized carbons (Fsp3) is 0.545. The van der Waals surface area contributed by atoms with E-state index in [0.717, 1.165) is 30.6 Å². The quantitative estimate of drug-likeness (QED) is 0.747. The number of carboxylic acids is 1. The molecule has 0 unspecified atom stereocenters. The maximum absolute atomic E-state index is 10.7. The molecule has 0 saturated carbocycles. The normalized spacial score (nSPS) is 19.0. The van der Waals surface area contributed by atoms with Gasteiger partial charge in [0.15, 0.2) is 0 Å². The summed E-state index contributed by atoms with van der Waals surface area (Å²) in [5.41, 5.74) is 1.13. The molecule has 0 saturated heterocycles. The maximum atomic E-state index is 10.7. The van der Waals surface area contributed by atoms with Gasteiger partial charge in [-0.15, -0.1) is 0 Å². The molecule has 1 aromatic heterocycles. The summed E-state index contributed by atoms with van der Waals surface area (Å²) in [6, 6.07) is 1.68. The fourth-order valence-electron chi connectivity index (χ4n) is 2.12. The van der Waals surface area contributed by atoms with E-state index in [1.165, 1.54) is 0 Å². The number of fused-ring (bicyclic) bond motifs is 1. The number of aryl methyl sites for hydroxylation is 1. The molecule has 1 N–H and O–H groups in total. The van der Waals surface area contributed by atoms with Gasteiger partial charge in [-0.25, -0.2) is 4.79 Å².